The van der Waals surface area contributed by atoms with Crippen molar-refractivity contribution in [3.8, 4) is 0 Å². The zero-order chi connectivity index (χ0) is 15.7. The number of halogens is 1. The zero-order valence-corrected chi connectivity index (χ0v) is 13.4. The Morgan fingerprint density at radius 1 is 1.14 bits per heavy atom. The van der Waals surface area contributed by atoms with Crippen LogP contribution in [0, 0.1) is 6.92 Å². The summed E-state index contributed by atoms with van der Waals surface area (Å²) in [7, 11) is 0. The molecule has 0 radical (unpaired) electrons. The van der Waals surface area contributed by atoms with Gasteiger partial charge in [0.2, 0.25) is 0 Å². The number of carbonyl (C=O) groups is 1. The first-order valence-electron chi connectivity index (χ1n) is 6.73. The van der Waals surface area contributed by atoms with Gasteiger partial charge in [0.15, 0.2) is 0 Å². The first kappa shape index (κ1) is 14.5. The minimum absolute atomic E-state index is 0.122. The molecule has 4 nitrogen and oxygen atoms in total. The van der Waals surface area contributed by atoms with Gasteiger partial charge < -0.3 is 10.3 Å². The number of rotatable bonds is 2. The van der Waals surface area contributed by atoms with Gasteiger partial charge in [0.25, 0.3) is 11.5 Å². The molecule has 0 fully saturated rings. The average Bonchev–Trinajstić information content (AvgIpc) is 2.49. The number of aromatic nitrogens is 1. The number of pyridine rings is 1. The Bertz CT molecular complexity index is 931. The van der Waals surface area contributed by atoms with Crippen LogP contribution >= 0.6 is 15.9 Å². The molecule has 22 heavy (non-hydrogen) atoms. The first-order chi connectivity index (χ1) is 10.5. The highest BCUT2D eigenvalue weighted by molar-refractivity contribution is 9.10. The molecule has 0 atom stereocenters. The van der Waals surface area contributed by atoms with E-state index in [4.69, 9.17) is 0 Å². The van der Waals surface area contributed by atoms with E-state index in [-0.39, 0.29) is 11.5 Å². The van der Waals surface area contributed by atoms with Crippen molar-refractivity contribution in [2.75, 3.05) is 5.32 Å². The molecule has 110 valence electrons. The molecule has 5 heteroatoms. The molecule has 1 amide bonds. The molecule has 0 aliphatic heterocycles. The number of amides is 1. The maximum atomic E-state index is 12.2. The van der Waals surface area contributed by atoms with Crippen molar-refractivity contribution in [2.45, 2.75) is 6.92 Å². The molecule has 0 bridgehead atoms. The lowest BCUT2D eigenvalue weighted by molar-refractivity contribution is 0.102. The van der Waals surface area contributed by atoms with Gasteiger partial charge in [-0.25, -0.2) is 0 Å². The maximum Gasteiger partial charge on any atom is 0.255 e. The Hall–Kier alpha value is -2.40. The molecule has 0 spiro atoms. The Labute approximate surface area is 135 Å². The minimum atomic E-state index is -0.199. The van der Waals surface area contributed by atoms with E-state index >= 15 is 0 Å². The molecule has 2 aromatic carbocycles. The Balaban J connectivity index is 1.92. The number of anilines is 1. The normalized spacial score (nSPS) is 10.6. The number of nitrogens with one attached hydrogen (secondary N) is 2. The monoisotopic (exact) mass is 356 g/mol. The molecule has 1 heterocycles. The van der Waals surface area contributed by atoms with Crippen molar-refractivity contribution in [2.24, 2.45) is 0 Å². The van der Waals surface area contributed by atoms with E-state index in [1.54, 1.807) is 31.2 Å². The molecule has 3 rings (SSSR count). The van der Waals surface area contributed by atoms with Crippen LogP contribution in [0.2, 0.25) is 0 Å². The molecule has 0 saturated carbocycles. The fourth-order valence-electron chi connectivity index (χ4n) is 2.22. The summed E-state index contributed by atoms with van der Waals surface area (Å²) in [6, 6.07) is 14.4. The summed E-state index contributed by atoms with van der Waals surface area (Å²) in [6.07, 6.45) is 0. The van der Waals surface area contributed by atoms with Crippen molar-refractivity contribution in [3.05, 3.63) is 74.5 Å². The predicted octanol–water partition coefficient (Wildman–Crippen LogP) is 3.85. The van der Waals surface area contributed by atoms with E-state index in [0.717, 1.165) is 9.86 Å². The molecule has 1 aromatic heterocycles. The molecule has 0 unspecified atom stereocenters. The van der Waals surface area contributed by atoms with Crippen molar-refractivity contribution in [1.82, 2.24) is 4.98 Å². The lowest BCUT2D eigenvalue weighted by atomic mass is 10.1. The van der Waals surface area contributed by atoms with Gasteiger partial charge in [-0.05, 0) is 48.7 Å². The summed E-state index contributed by atoms with van der Waals surface area (Å²) in [6.45, 7) is 1.77. The van der Waals surface area contributed by atoms with E-state index in [1.165, 1.54) is 0 Å². The number of aromatic amines is 1. The zero-order valence-electron chi connectivity index (χ0n) is 11.8. The third-order valence-electron chi connectivity index (χ3n) is 3.38. The second-order valence-corrected chi connectivity index (χ2v) is 5.96. The number of benzene rings is 2. The number of hydrogen-bond donors (Lipinski definition) is 2. The van der Waals surface area contributed by atoms with E-state index in [2.05, 4.69) is 26.2 Å². The third kappa shape index (κ3) is 2.94. The molecular weight excluding hydrogens is 344 g/mol. The van der Waals surface area contributed by atoms with Gasteiger partial charge in [-0.15, -0.1) is 0 Å². The summed E-state index contributed by atoms with van der Waals surface area (Å²) < 4.78 is 0.846. The van der Waals surface area contributed by atoms with Crippen LogP contribution in [0.15, 0.2) is 57.8 Å². The largest absolute Gasteiger partial charge is 0.322 e. The third-order valence-corrected chi connectivity index (χ3v) is 3.87. The molecule has 0 saturated heterocycles. The number of carbonyl (C=O) groups excluding carboxylic acids is 1. The van der Waals surface area contributed by atoms with E-state index < -0.39 is 0 Å². The van der Waals surface area contributed by atoms with E-state index in [1.807, 2.05) is 24.3 Å². The van der Waals surface area contributed by atoms with Crippen LogP contribution < -0.4 is 10.9 Å². The van der Waals surface area contributed by atoms with Crippen LogP contribution in [0.5, 0.6) is 0 Å². The first-order valence-corrected chi connectivity index (χ1v) is 7.53. The summed E-state index contributed by atoms with van der Waals surface area (Å²) in [5, 5.41) is 3.76. The molecule has 0 aliphatic rings. The van der Waals surface area contributed by atoms with E-state index in [0.29, 0.717) is 22.3 Å². The minimum Gasteiger partial charge on any atom is -0.322 e. The fraction of sp³-hybridized carbons (Fsp3) is 0.0588. The van der Waals surface area contributed by atoms with Crippen LogP contribution in [0.1, 0.15) is 15.9 Å². The van der Waals surface area contributed by atoms with Gasteiger partial charge >= 0.3 is 0 Å². The number of fused-ring (bicyclic) bond motifs is 1. The van der Waals surface area contributed by atoms with Crippen LogP contribution in [0.25, 0.3) is 10.9 Å². The molecular formula is C17H13BrN2O2. The fourth-order valence-corrected chi connectivity index (χ4v) is 2.62. The predicted molar refractivity (Wildman–Crippen MR) is 91.4 cm³/mol. The average molecular weight is 357 g/mol. The van der Waals surface area contributed by atoms with Gasteiger partial charge in [0, 0.05) is 21.3 Å². The molecule has 3 aromatic rings. The van der Waals surface area contributed by atoms with Crippen molar-refractivity contribution in [3.63, 3.8) is 0 Å². The highest BCUT2D eigenvalue weighted by atomic mass is 79.9. The highest BCUT2D eigenvalue weighted by Crippen LogP contribution is 2.18. The van der Waals surface area contributed by atoms with Gasteiger partial charge in [-0.3, -0.25) is 9.59 Å². The molecule has 0 aliphatic carbocycles. The van der Waals surface area contributed by atoms with Gasteiger partial charge in [0.1, 0.15) is 0 Å². The van der Waals surface area contributed by atoms with Gasteiger partial charge in [-0.2, -0.15) is 0 Å². The van der Waals surface area contributed by atoms with Gasteiger partial charge in [-0.1, -0.05) is 28.1 Å². The smallest absolute Gasteiger partial charge is 0.255 e. The Morgan fingerprint density at radius 3 is 2.73 bits per heavy atom. The Kier molecular flexibility index (Phi) is 3.81. The summed E-state index contributed by atoms with van der Waals surface area (Å²) in [5.41, 5.74) is 2.44. The van der Waals surface area contributed by atoms with Crippen LogP contribution in [-0.4, -0.2) is 10.9 Å². The lowest BCUT2D eigenvalue weighted by Crippen LogP contribution is -2.12. The quantitative estimate of drug-likeness (QED) is 0.732. The number of aryl methyl sites for hydroxylation is 1. The maximum absolute atomic E-state index is 12.2. The summed E-state index contributed by atoms with van der Waals surface area (Å²) >= 11 is 3.34. The number of hydrogen-bond acceptors (Lipinski definition) is 2. The SMILES string of the molecule is Cc1cc2ccc(NC(=O)c3cccc(Br)c3)cc2[nH]c1=O. The van der Waals surface area contributed by atoms with Crippen LogP contribution in [-0.2, 0) is 0 Å². The standard InChI is InChI=1S/C17H13BrN2O2/c1-10-7-11-5-6-14(9-15(11)20-16(10)21)19-17(22)12-3-2-4-13(18)8-12/h2-9H,1H3,(H,19,22)(H,20,21). The highest BCUT2D eigenvalue weighted by Gasteiger charge is 2.07. The summed E-state index contributed by atoms with van der Waals surface area (Å²) in [5.74, 6) is -0.199. The second kappa shape index (κ2) is 5.77. The van der Waals surface area contributed by atoms with Crippen molar-refractivity contribution >= 4 is 38.4 Å². The summed E-state index contributed by atoms with van der Waals surface area (Å²) in [4.78, 5) is 26.7. The van der Waals surface area contributed by atoms with Crippen molar-refractivity contribution in [1.29, 1.82) is 0 Å². The van der Waals surface area contributed by atoms with Crippen molar-refractivity contribution < 1.29 is 4.79 Å². The van der Waals surface area contributed by atoms with Gasteiger partial charge in [0.05, 0.1) is 5.52 Å². The number of H-pyrrole nitrogens is 1. The molecule has 2 N–H and O–H groups in total. The lowest BCUT2D eigenvalue weighted by Gasteiger charge is -2.07. The topological polar surface area (TPSA) is 62.0 Å². The van der Waals surface area contributed by atoms with Crippen LogP contribution in [0.3, 0.4) is 0 Å². The Morgan fingerprint density at radius 2 is 1.95 bits per heavy atom. The van der Waals surface area contributed by atoms with Crippen LogP contribution in [0.4, 0.5) is 5.69 Å². The van der Waals surface area contributed by atoms with E-state index in [9.17, 15) is 9.59 Å². The second-order valence-electron chi connectivity index (χ2n) is 5.05.